The summed E-state index contributed by atoms with van der Waals surface area (Å²) < 4.78 is 7.65. The topological polar surface area (TPSA) is 72.3 Å². The van der Waals surface area contributed by atoms with E-state index < -0.39 is 0 Å². The van der Waals surface area contributed by atoms with Crippen LogP contribution < -0.4 is 5.32 Å². The fourth-order valence-electron chi connectivity index (χ4n) is 3.29. The second-order valence-corrected chi connectivity index (χ2v) is 6.70. The second-order valence-electron chi connectivity index (χ2n) is 6.70. The summed E-state index contributed by atoms with van der Waals surface area (Å²) in [6.07, 6.45) is 5.39. The van der Waals surface area contributed by atoms with Crippen molar-refractivity contribution in [3.8, 4) is 0 Å². The van der Waals surface area contributed by atoms with E-state index in [1.54, 1.807) is 11.0 Å². The summed E-state index contributed by atoms with van der Waals surface area (Å²) in [6.45, 7) is 2.69. The summed E-state index contributed by atoms with van der Waals surface area (Å²) in [7, 11) is 0. The first-order valence-corrected chi connectivity index (χ1v) is 8.83. The van der Waals surface area contributed by atoms with Crippen molar-refractivity contribution in [2.24, 2.45) is 0 Å². The minimum absolute atomic E-state index is 0.00427. The molecule has 1 saturated heterocycles. The molecule has 2 fully saturated rings. The van der Waals surface area contributed by atoms with Crippen molar-refractivity contribution in [2.45, 2.75) is 37.6 Å². The van der Waals surface area contributed by atoms with E-state index in [1.807, 2.05) is 30.3 Å². The highest BCUT2D eigenvalue weighted by molar-refractivity contribution is 5.83. The normalized spacial score (nSPS) is 22.5. The van der Waals surface area contributed by atoms with Gasteiger partial charge in [-0.1, -0.05) is 30.3 Å². The standard InChI is InChI=1S/C18H23N5O2/c24-18(21-15-6-7-15)17(14-4-2-1-3-5-14)22-8-9-25-16(10-22)11-23-13-19-12-20-23/h1-5,12-13,15-17H,6-11H2,(H,21,24)/t16-,17-/m1/s1. The third-order valence-electron chi connectivity index (χ3n) is 4.68. The quantitative estimate of drug-likeness (QED) is 0.849. The number of ether oxygens (including phenoxy) is 1. The maximum Gasteiger partial charge on any atom is 0.242 e. The van der Waals surface area contributed by atoms with Gasteiger partial charge in [-0.05, 0) is 18.4 Å². The molecule has 7 heteroatoms. The van der Waals surface area contributed by atoms with Crippen molar-refractivity contribution in [3.63, 3.8) is 0 Å². The zero-order valence-electron chi connectivity index (χ0n) is 14.1. The van der Waals surface area contributed by atoms with Crippen LogP contribution >= 0.6 is 0 Å². The van der Waals surface area contributed by atoms with Gasteiger partial charge in [0, 0.05) is 19.1 Å². The molecule has 1 aliphatic carbocycles. The van der Waals surface area contributed by atoms with Gasteiger partial charge in [0.1, 0.15) is 18.7 Å². The van der Waals surface area contributed by atoms with E-state index in [2.05, 4.69) is 20.3 Å². The van der Waals surface area contributed by atoms with E-state index in [0.29, 0.717) is 25.7 Å². The SMILES string of the molecule is O=C(NC1CC1)[C@@H](c1ccccc1)N1CCO[C@@H](Cn2cncn2)C1. The first kappa shape index (κ1) is 16.2. The molecular formula is C18H23N5O2. The minimum Gasteiger partial charge on any atom is -0.374 e. The minimum atomic E-state index is -0.274. The van der Waals surface area contributed by atoms with Gasteiger partial charge in [-0.2, -0.15) is 5.10 Å². The average molecular weight is 341 g/mol. The number of carbonyl (C=O) groups excluding carboxylic acids is 1. The molecule has 0 bridgehead atoms. The van der Waals surface area contributed by atoms with Crippen molar-refractivity contribution in [1.29, 1.82) is 0 Å². The molecule has 4 rings (SSSR count). The average Bonchev–Trinajstić information content (AvgIpc) is 3.29. The summed E-state index contributed by atoms with van der Waals surface area (Å²) in [6, 6.07) is 10.1. The van der Waals surface area contributed by atoms with Gasteiger partial charge >= 0.3 is 0 Å². The molecule has 2 atom stereocenters. The van der Waals surface area contributed by atoms with Crippen LogP contribution in [-0.2, 0) is 16.1 Å². The van der Waals surface area contributed by atoms with Crippen molar-refractivity contribution in [3.05, 3.63) is 48.5 Å². The van der Waals surface area contributed by atoms with Crippen LogP contribution in [0.4, 0.5) is 0 Å². The van der Waals surface area contributed by atoms with Crippen LogP contribution in [0.3, 0.4) is 0 Å². The zero-order valence-corrected chi connectivity index (χ0v) is 14.1. The number of benzene rings is 1. The molecule has 1 amide bonds. The maximum atomic E-state index is 12.9. The number of nitrogens with one attached hydrogen (secondary N) is 1. The van der Waals surface area contributed by atoms with Gasteiger partial charge < -0.3 is 10.1 Å². The lowest BCUT2D eigenvalue weighted by molar-refractivity contribution is -0.130. The third-order valence-corrected chi connectivity index (χ3v) is 4.68. The fraction of sp³-hybridized carbons (Fsp3) is 0.500. The van der Waals surface area contributed by atoms with E-state index in [1.165, 1.54) is 6.33 Å². The molecule has 132 valence electrons. The largest absolute Gasteiger partial charge is 0.374 e. The molecule has 1 saturated carbocycles. The van der Waals surface area contributed by atoms with Crippen LogP contribution in [0.15, 0.2) is 43.0 Å². The summed E-state index contributed by atoms with van der Waals surface area (Å²) >= 11 is 0. The second kappa shape index (κ2) is 7.33. The number of morpholine rings is 1. The number of hydrogen-bond donors (Lipinski definition) is 1. The van der Waals surface area contributed by atoms with Crippen LogP contribution in [0.5, 0.6) is 0 Å². The van der Waals surface area contributed by atoms with Gasteiger partial charge in [0.15, 0.2) is 0 Å². The van der Waals surface area contributed by atoms with Gasteiger partial charge in [0.25, 0.3) is 0 Å². The summed E-state index contributed by atoms with van der Waals surface area (Å²) in [5.74, 6) is 0.0927. The van der Waals surface area contributed by atoms with Gasteiger partial charge in [0.2, 0.25) is 5.91 Å². The summed E-state index contributed by atoms with van der Waals surface area (Å²) in [5, 5.41) is 7.31. The van der Waals surface area contributed by atoms with Crippen LogP contribution in [0.1, 0.15) is 24.4 Å². The number of amides is 1. The first-order valence-electron chi connectivity index (χ1n) is 8.83. The fourth-order valence-corrected chi connectivity index (χ4v) is 3.29. The lowest BCUT2D eigenvalue weighted by Crippen LogP contribution is -2.50. The smallest absolute Gasteiger partial charge is 0.242 e. The molecular weight excluding hydrogens is 318 g/mol. The molecule has 2 heterocycles. The van der Waals surface area contributed by atoms with E-state index >= 15 is 0 Å². The van der Waals surface area contributed by atoms with Crippen molar-refractivity contribution in [2.75, 3.05) is 19.7 Å². The Hall–Kier alpha value is -2.25. The molecule has 1 aromatic heterocycles. The highest BCUT2D eigenvalue weighted by Crippen LogP contribution is 2.26. The highest BCUT2D eigenvalue weighted by Gasteiger charge is 2.34. The molecule has 2 aliphatic rings. The Bertz CT molecular complexity index is 687. The Morgan fingerprint density at radius 2 is 2.16 bits per heavy atom. The highest BCUT2D eigenvalue weighted by atomic mass is 16.5. The van der Waals surface area contributed by atoms with Gasteiger partial charge in [0.05, 0.1) is 19.3 Å². The lowest BCUT2D eigenvalue weighted by atomic mass is 10.0. The number of hydrogen-bond acceptors (Lipinski definition) is 5. The van der Waals surface area contributed by atoms with Crippen molar-refractivity contribution >= 4 is 5.91 Å². The first-order chi connectivity index (χ1) is 12.3. The Kier molecular flexibility index (Phi) is 4.76. The molecule has 2 aromatic rings. The van der Waals surface area contributed by atoms with Crippen molar-refractivity contribution in [1.82, 2.24) is 25.0 Å². The van der Waals surface area contributed by atoms with E-state index in [4.69, 9.17) is 4.74 Å². The molecule has 0 unspecified atom stereocenters. The maximum absolute atomic E-state index is 12.9. The van der Waals surface area contributed by atoms with Gasteiger partial charge in [-0.15, -0.1) is 0 Å². The van der Waals surface area contributed by atoms with Crippen molar-refractivity contribution < 1.29 is 9.53 Å². The van der Waals surface area contributed by atoms with E-state index in [9.17, 15) is 4.79 Å². The van der Waals surface area contributed by atoms with Crippen LogP contribution in [0.2, 0.25) is 0 Å². The third kappa shape index (κ3) is 4.05. The molecule has 1 aliphatic heterocycles. The van der Waals surface area contributed by atoms with E-state index in [0.717, 1.165) is 24.9 Å². The van der Waals surface area contributed by atoms with Crippen LogP contribution in [0, 0.1) is 0 Å². The number of nitrogens with zero attached hydrogens (tertiary/aromatic N) is 4. The zero-order chi connectivity index (χ0) is 17.1. The van der Waals surface area contributed by atoms with Crippen LogP contribution in [0.25, 0.3) is 0 Å². The Morgan fingerprint density at radius 3 is 2.88 bits per heavy atom. The predicted octanol–water partition coefficient (Wildman–Crippen LogP) is 0.999. The Labute approximate surface area is 147 Å². The summed E-state index contributed by atoms with van der Waals surface area (Å²) in [4.78, 5) is 19.1. The van der Waals surface area contributed by atoms with Gasteiger partial charge in [-0.3, -0.25) is 14.4 Å². The van der Waals surface area contributed by atoms with E-state index in [-0.39, 0.29) is 18.1 Å². The van der Waals surface area contributed by atoms with Crippen LogP contribution in [-0.4, -0.2) is 57.4 Å². The Morgan fingerprint density at radius 1 is 1.32 bits per heavy atom. The number of rotatable bonds is 6. The molecule has 0 radical (unpaired) electrons. The Balaban J connectivity index is 1.50. The molecule has 25 heavy (non-hydrogen) atoms. The van der Waals surface area contributed by atoms with Gasteiger partial charge in [-0.25, -0.2) is 4.98 Å². The molecule has 1 aromatic carbocycles. The monoisotopic (exact) mass is 341 g/mol. The molecule has 7 nitrogen and oxygen atoms in total. The molecule has 0 spiro atoms. The number of carbonyl (C=O) groups is 1. The predicted molar refractivity (Wildman–Crippen MR) is 91.7 cm³/mol. The summed E-state index contributed by atoms with van der Waals surface area (Å²) in [5.41, 5.74) is 1.03. The molecule has 1 N–H and O–H groups in total. The number of aromatic nitrogens is 3. The lowest BCUT2D eigenvalue weighted by Gasteiger charge is -2.37.